The van der Waals surface area contributed by atoms with E-state index in [2.05, 4.69) is 92.8 Å². The van der Waals surface area contributed by atoms with Crippen LogP contribution in [0.15, 0.2) is 79.5 Å². The average molecular weight is 344 g/mol. The fraction of sp³-hybridized carbons (Fsp3) is 0.261. The van der Waals surface area contributed by atoms with Gasteiger partial charge in [-0.05, 0) is 11.8 Å². The molecule has 3 aromatic rings. The molecular weight excluding hydrogens is 315 g/mol. The van der Waals surface area contributed by atoms with Crippen molar-refractivity contribution in [2.75, 3.05) is 0 Å². The zero-order valence-electron chi connectivity index (χ0n) is 16.3. The van der Waals surface area contributed by atoms with E-state index < -0.39 is 0 Å². The van der Waals surface area contributed by atoms with Gasteiger partial charge in [-0.3, -0.25) is 0 Å². The van der Waals surface area contributed by atoms with E-state index in [4.69, 9.17) is 0 Å². The molecule has 0 atom stereocenters. The van der Waals surface area contributed by atoms with Gasteiger partial charge in [-0.25, -0.2) is 4.98 Å². The molecule has 0 spiro atoms. The molecule has 134 valence electrons. The van der Waals surface area contributed by atoms with Gasteiger partial charge in [0, 0.05) is 5.69 Å². The van der Waals surface area contributed by atoms with Crippen LogP contribution in [0.25, 0.3) is 0 Å². The van der Waals surface area contributed by atoms with Crippen molar-refractivity contribution in [2.24, 2.45) is 0 Å². The predicted molar refractivity (Wildman–Crippen MR) is 115 cm³/mol. The molecular formula is C23H29BN2. The minimum absolute atomic E-state index is 0.299. The summed E-state index contributed by atoms with van der Waals surface area (Å²) in [5.74, 6) is 3.07. The van der Waals surface area contributed by atoms with E-state index in [1.54, 1.807) is 6.33 Å². The first-order valence-corrected chi connectivity index (χ1v) is 9.30. The highest BCUT2D eigenvalue weighted by Crippen LogP contribution is 2.21. The zero-order valence-corrected chi connectivity index (χ0v) is 16.3. The number of aromatic amines is 1. The molecule has 2 aromatic carbocycles. The lowest BCUT2D eigenvalue weighted by atomic mass is 9.41. The highest BCUT2D eigenvalue weighted by Gasteiger charge is 2.13. The lowest BCUT2D eigenvalue weighted by Gasteiger charge is -2.09. The molecule has 0 aliphatic carbocycles. The summed E-state index contributed by atoms with van der Waals surface area (Å²) in [6, 6.07) is 20.9. The van der Waals surface area contributed by atoms with E-state index in [1.165, 1.54) is 22.3 Å². The molecule has 3 heteroatoms. The second kappa shape index (κ2) is 9.81. The molecule has 0 unspecified atom stereocenters. The van der Waals surface area contributed by atoms with Gasteiger partial charge in [-0.2, -0.15) is 0 Å². The summed E-state index contributed by atoms with van der Waals surface area (Å²) >= 11 is 0. The SMILES string of the molecule is C=CB(c1ccccc1)c1ccccc1.CC(C)c1nc[nH]c1C(C)C. The van der Waals surface area contributed by atoms with E-state index in [9.17, 15) is 0 Å². The molecule has 0 aliphatic rings. The molecule has 1 heterocycles. The largest absolute Gasteiger partial charge is 0.348 e. The Hall–Kier alpha value is -2.55. The minimum Gasteiger partial charge on any atom is -0.348 e. The first-order chi connectivity index (χ1) is 12.5. The number of imidazole rings is 1. The summed E-state index contributed by atoms with van der Waals surface area (Å²) in [7, 11) is 0. The number of benzene rings is 2. The van der Waals surface area contributed by atoms with Crippen molar-refractivity contribution in [3.05, 3.63) is 90.9 Å². The second-order valence-electron chi connectivity index (χ2n) is 7.05. The van der Waals surface area contributed by atoms with Crippen LogP contribution in [0.3, 0.4) is 0 Å². The Kier molecular flexibility index (Phi) is 7.46. The van der Waals surface area contributed by atoms with Crippen molar-refractivity contribution in [3.63, 3.8) is 0 Å². The number of nitrogens with zero attached hydrogens (tertiary/aromatic N) is 1. The number of nitrogens with one attached hydrogen (secondary N) is 1. The van der Waals surface area contributed by atoms with Crippen LogP contribution in [0, 0.1) is 0 Å². The first-order valence-electron chi connectivity index (χ1n) is 9.30. The zero-order chi connectivity index (χ0) is 18.9. The molecule has 0 radical (unpaired) electrons. The van der Waals surface area contributed by atoms with Crippen molar-refractivity contribution in [3.8, 4) is 0 Å². The summed E-state index contributed by atoms with van der Waals surface area (Å²) in [4.78, 5) is 7.46. The van der Waals surface area contributed by atoms with Crippen LogP contribution in [-0.2, 0) is 0 Å². The average Bonchev–Trinajstić information content (AvgIpc) is 3.15. The minimum atomic E-state index is 0.299. The van der Waals surface area contributed by atoms with Gasteiger partial charge >= 0.3 is 0 Å². The van der Waals surface area contributed by atoms with Crippen LogP contribution in [0.1, 0.15) is 50.9 Å². The van der Waals surface area contributed by atoms with Gasteiger partial charge in [0.15, 0.2) is 0 Å². The van der Waals surface area contributed by atoms with E-state index in [1.807, 2.05) is 18.1 Å². The van der Waals surface area contributed by atoms with E-state index in [0.29, 0.717) is 18.5 Å². The molecule has 1 aromatic heterocycles. The number of rotatable bonds is 5. The summed E-state index contributed by atoms with van der Waals surface area (Å²) in [5, 5.41) is 0. The second-order valence-corrected chi connectivity index (χ2v) is 7.05. The number of aromatic nitrogens is 2. The smallest absolute Gasteiger partial charge is 0.233 e. The number of hydrogen-bond acceptors (Lipinski definition) is 1. The Bertz CT molecular complexity index is 714. The van der Waals surface area contributed by atoms with Gasteiger partial charge in [0.2, 0.25) is 6.71 Å². The van der Waals surface area contributed by atoms with E-state index in [-0.39, 0.29) is 0 Å². The topological polar surface area (TPSA) is 28.7 Å². The Balaban J connectivity index is 0.000000197. The third kappa shape index (κ3) is 5.22. The van der Waals surface area contributed by atoms with Crippen molar-refractivity contribution >= 4 is 17.6 Å². The monoisotopic (exact) mass is 344 g/mol. The Labute approximate surface area is 158 Å². The molecule has 2 nitrogen and oxygen atoms in total. The van der Waals surface area contributed by atoms with Gasteiger partial charge in [0.05, 0.1) is 12.0 Å². The lowest BCUT2D eigenvalue weighted by molar-refractivity contribution is 0.759. The molecule has 0 amide bonds. The predicted octanol–water partition coefficient (Wildman–Crippen LogP) is 4.68. The van der Waals surface area contributed by atoms with Gasteiger partial charge in [-0.1, -0.05) is 99.3 Å². The third-order valence-corrected chi connectivity index (χ3v) is 4.38. The summed E-state index contributed by atoms with van der Waals surface area (Å²) < 4.78 is 0. The maximum atomic E-state index is 4.28. The lowest BCUT2D eigenvalue weighted by Crippen LogP contribution is -2.40. The highest BCUT2D eigenvalue weighted by molar-refractivity contribution is 6.89. The van der Waals surface area contributed by atoms with Crippen molar-refractivity contribution < 1.29 is 0 Å². The van der Waals surface area contributed by atoms with Crippen LogP contribution in [-0.4, -0.2) is 16.7 Å². The summed E-state index contributed by atoms with van der Waals surface area (Å²) in [6.45, 7) is 12.9. The Morgan fingerprint density at radius 1 is 0.846 bits per heavy atom. The van der Waals surface area contributed by atoms with Crippen LogP contribution >= 0.6 is 0 Å². The fourth-order valence-corrected chi connectivity index (χ4v) is 3.02. The molecule has 0 saturated heterocycles. The molecule has 0 saturated carbocycles. The van der Waals surface area contributed by atoms with E-state index >= 15 is 0 Å². The Morgan fingerprint density at radius 2 is 1.35 bits per heavy atom. The maximum Gasteiger partial charge on any atom is 0.233 e. The molecule has 26 heavy (non-hydrogen) atoms. The number of hydrogen-bond donors (Lipinski definition) is 1. The fourth-order valence-electron chi connectivity index (χ4n) is 3.02. The molecule has 0 aliphatic heterocycles. The van der Waals surface area contributed by atoms with Gasteiger partial charge in [0.25, 0.3) is 0 Å². The van der Waals surface area contributed by atoms with Gasteiger partial charge in [0.1, 0.15) is 0 Å². The molecule has 3 rings (SSSR count). The maximum absolute atomic E-state index is 4.28. The van der Waals surface area contributed by atoms with Gasteiger partial charge < -0.3 is 4.98 Å². The van der Waals surface area contributed by atoms with Crippen LogP contribution < -0.4 is 10.9 Å². The van der Waals surface area contributed by atoms with Crippen molar-refractivity contribution in [2.45, 2.75) is 39.5 Å². The first kappa shape index (κ1) is 19.8. The van der Waals surface area contributed by atoms with Crippen molar-refractivity contribution in [1.82, 2.24) is 9.97 Å². The Morgan fingerprint density at radius 3 is 1.69 bits per heavy atom. The van der Waals surface area contributed by atoms with Crippen LogP contribution in [0.4, 0.5) is 0 Å². The third-order valence-electron chi connectivity index (χ3n) is 4.38. The normalized spacial score (nSPS) is 10.4. The standard InChI is InChI=1S/C14H13B.C9H16N2/c1-2-15(13-9-5-3-6-10-13)14-11-7-4-8-12-14;1-6(2)8-9(7(3)4)11-5-10-8/h2-12H,1H2;5-7H,1-4H3,(H,10,11). The summed E-state index contributed by atoms with van der Waals surface area (Å²) in [5.41, 5.74) is 5.07. The van der Waals surface area contributed by atoms with Crippen LogP contribution in [0.2, 0.25) is 0 Å². The highest BCUT2D eigenvalue weighted by atomic mass is 14.9. The molecule has 0 bridgehead atoms. The number of H-pyrrole nitrogens is 1. The molecule has 1 N–H and O–H groups in total. The van der Waals surface area contributed by atoms with Crippen molar-refractivity contribution in [1.29, 1.82) is 0 Å². The van der Waals surface area contributed by atoms with Crippen LogP contribution in [0.5, 0.6) is 0 Å². The summed E-state index contributed by atoms with van der Waals surface area (Å²) in [6.07, 6.45) is 1.78. The quantitative estimate of drug-likeness (QED) is 0.669. The van der Waals surface area contributed by atoms with Gasteiger partial charge in [-0.15, -0.1) is 12.6 Å². The molecule has 0 fully saturated rings. The van der Waals surface area contributed by atoms with E-state index in [0.717, 1.165) is 0 Å².